The van der Waals surface area contributed by atoms with Crippen molar-refractivity contribution in [1.29, 1.82) is 0 Å². The SMILES string of the molecule is CCOC(=O)c1c(NC(=O)C=Cc2cc(Br)c(OCc3ccccc3)c(OC)c2)sc2c1CCCC2. The molecule has 2 aromatic carbocycles. The van der Waals surface area contributed by atoms with Gasteiger partial charge in [-0.1, -0.05) is 30.3 Å². The lowest BCUT2D eigenvalue weighted by Crippen LogP contribution is -2.14. The quantitative estimate of drug-likeness (QED) is 0.226. The highest BCUT2D eigenvalue weighted by Gasteiger charge is 2.27. The van der Waals surface area contributed by atoms with Crippen molar-refractivity contribution in [2.45, 2.75) is 39.2 Å². The average molecular weight is 571 g/mol. The van der Waals surface area contributed by atoms with Crippen LogP contribution in [-0.4, -0.2) is 25.6 Å². The van der Waals surface area contributed by atoms with Gasteiger partial charge in [0, 0.05) is 11.0 Å². The van der Waals surface area contributed by atoms with Gasteiger partial charge in [-0.05, 0) is 83.4 Å². The topological polar surface area (TPSA) is 73.9 Å². The summed E-state index contributed by atoms with van der Waals surface area (Å²) in [6, 6.07) is 13.5. The van der Waals surface area contributed by atoms with Gasteiger partial charge in [0.25, 0.3) is 0 Å². The van der Waals surface area contributed by atoms with E-state index in [1.807, 2.05) is 42.5 Å². The molecule has 0 unspecified atom stereocenters. The van der Waals surface area contributed by atoms with Crippen LogP contribution in [0.1, 0.15) is 51.7 Å². The van der Waals surface area contributed by atoms with Gasteiger partial charge in [0.2, 0.25) is 5.91 Å². The van der Waals surface area contributed by atoms with Gasteiger partial charge in [0.15, 0.2) is 11.5 Å². The van der Waals surface area contributed by atoms with Crippen LogP contribution >= 0.6 is 27.3 Å². The molecule has 3 aromatic rings. The number of benzene rings is 2. The van der Waals surface area contributed by atoms with Gasteiger partial charge < -0.3 is 19.5 Å². The van der Waals surface area contributed by atoms with Crippen molar-refractivity contribution < 1.29 is 23.8 Å². The maximum absolute atomic E-state index is 12.8. The monoisotopic (exact) mass is 569 g/mol. The number of esters is 1. The molecule has 1 aromatic heterocycles. The summed E-state index contributed by atoms with van der Waals surface area (Å²) in [5, 5.41) is 3.45. The summed E-state index contributed by atoms with van der Waals surface area (Å²) in [7, 11) is 1.58. The number of amides is 1. The van der Waals surface area contributed by atoms with Crippen molar-refractivity contribution in [3.05, 3.63) is 80.1 Å². The van der Waals surface area contributed by atoms with Crippen LogP contribution in [0.4, 0.5) is 5.00 Å². The number of rotatable bonds is 9. The molecule has 4 rings (SSSR count). The first-order valence-electron chi connectivity index (χ1n) is 11.8. The molecule has 0 radical (unpaired) electrons. The van der Waals surface area contributed by atoms with Crippen molar-refractivity contribution in [2.24, 2.45) is 0 Å². The first-order chi connectivity index (χ1) is 17.5. The molecular formula is C28H28BrNO5S. The average Bonchev–Trinajstić information content (AvgIpc) is 3.25. The van der Waals surface area contributed by atoms with E-state index in [1.54, 1.807) is 20.1 Å². The lowest BCUT2D eigenvalue weighted by atomic mass is 9.95. The molecule has 36 heavy (non-hydrogen) atoms. The Balaban J connectivity index is 1.49. The maximum atomic E-state index is 12.8. The number of nitrogens with one attached hydrogen (secondary N) is 1. The number of hydrogen-bond acceptors (Lipinski definition) is 6. The first kappa shape index (κ1) is 26.0. The molecule has 0 atom stereocenters. The van der Waals surface area contributed by atoms with E-state index in [1.165, 1.54) is 17.4 Å². The lowest BCUT2D eigenvalue weighted by molar-refractivity contribution is -0.111. The molecular weight excluding hydrogens is 542 g/mol. The third-order valence-electron chi connectivity index (χ3n) is 5.79. The second-order valence-corrected chi connectivity index (χ2v) is 10.2. The molecule has 8 heteroatoms. The largest absolute Gasteiger partial charge is 0.493 e. The predicted molar refractivity (Wildman–Crippen MR) is 146 cm³/mol. The zero-order valence-electron chi connectivity index (χ0n) is 20.3. The summed E-state index contributed by atoms with van der Waals surface area (Å²) in [4.78, 5) is 26.6. The molecule has 6 nitrogen and oxygen atoms in total. The van der Waals surface area contributed by atoms with Crippen molar-refractivity contribution in [1.82, 2.24) is 0 Å². The predicted octanol–water partition coefficient (Wildman–Crippen LogP) is 6.81. The van der Waals surface area contributed by atoms with Gasteiger partial charge >= 0.3 is 5.97 Å². The van der Waals surface area contributed by atoms with E-state index in [-0.39, 0.29) is 11.9 Å². The minimum Gasteiger partial charge on any atom is -0.493 e. The van der Waals surface area contributed by atoms with Crippen LogP contribution in [0.25, 0.3) is 6.08 Å². The number of carbonyl (C=O) groups is 2. The highest BCUT2D eigenvalue weighted by molar-refractivity contribution is 9.10. The van der Waals surface area contributed by atoms with Gasteiger partial charge in [-0.3, -0.25) is 4.79 Å². The molecule has 188 valence electrons. The van der Waals surface area contributed by atoms with E-state index in [2.05, 4.69) is 21.2 Å². The van der Waals surface area contributed by atoms with Crippen LogP contribution in [0.2, 0.25) is 0 Å². The third kappa shape index (κ3) is 6.17. The van der Waals surface area contributed by atoms with Crippen LogP contribution < -0.4 is 14.8 Å². The minimum atomic E-state index is -0.379. The second-order valence-electron chi connectivity index (χ2n) is 8.27. The van der Waals surface area contributed by atoms with E-state index < -0.39 is 0 Å². The Morgan fingerprint density at radius 2 is 1.92 bits per heavy atom. The molecule has 0 spiro atoms. The molecule has 0 aliphatic heterocycles. The summed E-state index contributed by atoms with van der Waals surface area (Å²) in [6.45, 7) is 2.47. The molecule has 0 fully saturated rings. The Morgan fingerprint density at radius 1 is 1.14 bits per heavy atom. The van der Waals surface area contributed by atoms with Gasteiger partial charge in [-0.2, -0.15) is 0 Å². The van der Waals surface area contributed by atoms with Crippen molar-refractivity contribution in [3.8, 4) is 11.5 Å². The smallest absolute Gasteiger partial charge is 0.341 e. The van der Waals surface area contributed by atoms with Crippen molar-refractivity contribution in [3.63, 3.8) is 0 Å². The Bertz CT molecular complexity index is 1270. The fourth-order valence-electron chi connectivity index (χ4n) is 4.10. The number of fused-ring (bicyclic) bond motifs is 1. The highest BCUT2D eigenvalue weighted by Crippen LogP contribution is 2.39. The van der Waals surface area contributed by atoms with Crippen molar-refractivity contribution >= 4 is 50.2 Å². The molecule has 1 heterocycles. The maximum Gasteiger partial charge on any atom is 0.341 e. The second kappa shape index (κ2) is 12.2. The lowest BCUT2D eigenvalue weighted by Gasteiger charge is -2.13. The molecule has 0 saturated carbocycles. The van der Waals surface area contributed by atoms with Crippen LogP contribution in [0.15, 0.2) is 53.0 Å². The highest BCUT2D eigenvalue weighted by atomic mass is 79.9. The Morgan fingerprint density at radius 3 is 2.67 bits per heavy atom. The molecule has 1 N–H and O–H groups in total. The van der Waals surface area contributed by atoms with Crippen LogP contribution in [0.3, 0.4) is 0 Å². The number of anilines is 1. The molecule has 1 aliphatic rings. The minimum absolute atomic E-state index is 0.290. The fourth-order valence-corrected chi connectivity index (χ4v) is 5.96. The molecule has 0 bridgehead atoms. The Kier molecular flexibility index (Phi) is 8.83. The molecule has 1 amide bonds. The summed E-state index contributed by atoms with van der Waals surface area (Å²) < 4.78 is 17.5. The van der Waals surface area contributed by atoms with Crippen molar-refractivity contribution in [2.75, 3.05) is 19.0 Å². The Hall–Kier alpha value is -3.10. The number of carbonyl (C=O) groups excluding carboxylic acids is 2. The first-order valence-corrected chi connectivity index (χ1v) is 13.5. The standard InChI is InChI=1S/C28H28BrNO5S/c1-3-34-28(32)25-20-11-7-8-12-23(20)36-27(25)30-24(31)14-13-19-15-21(29)26(22(16-19)33-2)35-17-18-9-5-4-6-10-18/h4-6,9-10,13-16H,3,7-8,11-12,17H2,1-2H3,(H,30,31). The van der Waals surface area contributed by atoms with E-state index in [0.29, 0.717) is 39.8 Å². The summed E-state index contributed by atoms with van der Waals surface area (Å²) in [5.41, 5.74) is 3.33. The van der Waals surface area contributed by atoms with Crippen LogP contribution in [0.5, 0.6) is 11.5 Å². The molecule has 1 aliphatic carbocycles. The number of hydrogen-bond donors (Lipinski definition) is 1. The number of halogens is 1. The number of thiophene rings is 1. The number of methoxy groups -OCH3 is 1. The summed E-state index contributed by atoms with van der Waals surface area (Å²) >= 11 is 5.03. The summed E-state index contributed by atoms with van der Waals surface area (Å²) in [5.74, 6) is 0.441. The number of aryl methyl sites for hydroxylation is 1. The van der Waals surface area contributed by atoms with Gasteiger partial charge in [0.05, 0.1) is 23.8 Å². The van der Waals surface area contributed by atoms with Gasteiger partial charge in [-0.25, -0.2) is 4.79 Å². The number of ether oxygens (including phenoxy) is 3. The normalized spacial score (nSPS) is 12.8. The van der Waals surface area contributed by atoms with E-state index in [4.69, 9.17) is 14.2 Å². The van der Waals surface area contributed by atoms with Gasteiger partial charge in [-0.15, -0.1) is 11.3 Å². The van der Waals surface area contributed by atoms with E-state index in [0.717, 1.165) is 47.3 Å². The van der Waals surface area contributed by atoms with Crippen LogP contribution in [0, 0.1) is 0 Å². The van der Waals surface area contributed by atoms with Crippen LogP contribution in [-0.2, 0) is 29.0 Å². The third-order valence-corrected chi connectivity index (χ3v) is 7.59. The zero-order valence-corrected chi connectivity index (χ0v) is 22.7. The van der Waals surface area contributed by atoms with E-state index >= 15 is 0 Å². The summed E-state index contributed by atoms with van der Waals surface area (Å²) in [6.07, 6.45) is 7.01. The molecule has 0 saturated heterocycles. The van der Waals surface area contributed by atoms with Gasteiger partial charge in [0.1, 0.15) is 11.6 Å². The zero-order chi connectivity index (χ0) is 25.5. The Labute approximate surface area is 223 Å². The fraction of sp³-hybridized carbons (Fsp3) is 0.286. The van der Waals surface area contributed by atoms with E-state index in [9.17, 15) is 9.59 Å².